The van der Waals surface area contributed by atoms with Gasteiger partial charge in [-0.15, -0.1) is 0 Å². The lowest BCUT2D eigenvalue weighted by molar-refractivity contribution is -0.141. The van der Waals surface area contributed by atoms with Crippen molar-refractivity contribution in [3.05, 3.63) is 0 Å². The second kappa shape index (κ2) is 12.5. The number of hydrogen-bond donors (Lipinski definition) is 8. The number of carboxylic acid groups (broad SMARTS) is 2. The van der Waals surface area contributed by atoms with Gasteiger partial charge in [0, 0.05) is 12.2 Å². The van der Waals surface area contributed by atoms with Gasteiger partial charge in [-0.1, -0.05) is 0 Å². The molecule has 0 aromatic carbocycles. The third-order valence-electron chi connectivity index (χ3n) is 3.28. The van der Waals surface area contributed by atoms with Gasteiger partial charge in [0.25, 0.3) is 0 Å². The summed E-state index contributed by atoms with van der Waals surface area (Å²) in [5.41, 5.74) is 10.4. The van der Waals surface area contributed by atoms with Crippen LogP contribution in [0.5, 0.6) is 0 Å². The fourth-order valence-corrected chi connectivity index (χ4v) is 2.09. The van der Waals surface area contributed by atoms with E-state index in [9.17, 15) is 28.8 Å². The van der Waals surface area contributed by atoms with Crippen molar-refractivity contribution in [3.63, 3.8) is 0 Å². The van der Waals surface area contributed by atoms with E-state index in [1.54, 1.807) is 0 Å². The number of carbonyl (C=O) groups excluding carboxylic acids is 4. The van der Waals surface area contributed by atoms with E-state index < -0.39 is 73.1 Å². The number of rotatable bonds is 13. The Balaban J connectivity index is 4.86. The summed E-state index contributed by atoms with van der Waals surface area (Å²) >= 11 is 3.77. The van der Waals surface area contributed by atoms with E-state index >= 15 is 0 Å². The predicted octanol–water partition coefficient (Wildman–Crippen LogP) is -3.85. The molecule has 158 valence electrons. The maximum Gasteiger partial charge on any atom is 0.327 e. The average molecular weight is 421 g/mol. The molecule has 0 aliphatic carbocycles. The van der Waals surface area contributed by atoms with E-state index in [1.165, 1.54) is 0 Å². The van der Waals surface area contributed by atoms with Gasteiger partial charge in [0.15, 0.2) is 0 Å². The standard InChI is InChI=1S/C14H23N5O8S/c15-6(3-9(16)20)12(24)19-7(1-2-11(22)23)13(25)17-4-10(21)18-8(5-28)14(26)27/h6-8,28H,1-5,15H2,(H2,16,20)(H,17,25)(H,18,21)(H,19,24)(H,22,23)(H,26,27). The van der Waals surface area contributed by atoms with Crippen LogP contribution in [0, 0.1) is 0 Å². The highest BCUT2D eigenvalue weighted by Crippen LogP contribution is 2.00. The molecule has 0 aliphatic rings. The van der Waals surface area contributed by atoms with Gasteiger partial charge in [0.05, 0.1) is 19.0 Å². The fraction of sp³-hybridized carbons (Fsp3) is 0.571. The van der Waals surface area contributed by atoms with Crippen molar-refractivity contribution >= 4 is 48.2 Å². The summed E-state index contributed by atoms with van der Waals surface area (Å²) in [5.74, 6) is -6.20. The van der Waals surface area contributed by atoms with Crippen molar-refractivity contribution in [2.45, 2.75) is 37.4 Å². The average Bonchev–Trinajstić information content (AvgIpc) is 2.59. The molecule has 0 aliphatic heterocycles. The molecule has 0 bridgehead atoms. The molecule has 0 aromatic rings. The van der Waals surface area contributed by atoms with Crippen molar-refractivity contribution in [3.8, 4) is 0 Å². The van der Waals surface area contributed by atoms with Gasteiger partial charge in [-0.3, -0.25) is 24.0 Å². The molecule has 0 spiro atoms. The number of nitrogens with one attached hydrogen (secondary N) is 3. The molecule has 3 atom stereocenters. The lowest BCUT2D eigenvalue weighted by Gasteiger charge is -2.20. The van der Waals surface area contributed by atoms with Crippen LogP contribution in [0.25, 0.3) is 0 Å². The molecule has 28 heavy (non-hydrogen) atoms. The summed E-state index contributed by atoms with van der Waals surface area (Å²) in [6.45, 7) is -0.622. The Kier molecular flexibility index (Phi) is 11.2. The van der Waals surface area contributed by atoms with Gasteiger partial charge in [-0.05, 0) is 6.42 Å². The Morgan fingerprint density at radius 2 is 1.57 bits per heavy atom. The third-order valence-corrected chi connectivity index (χ3v) is 3.64. The maximum atomic E-state index is 12.2. The van der Waals surface area contributed by atoms with Crippen molar-refractivity contribution < 1.29 is 39.0 Å². The molecule has 0 aromatic heterocycles. The Morgan fingerprint density at radius 3 is 2.04 bits per heavy atom. The highest BCUT2D eigenvalue weighted by Gasteiger charge is 2.26. The topological polar surface area (TPSA) is 231 Å². The molecule has 4 amide bonds. The molecule has 0 fully saturated rings. The van der Waals surface area contributed by atoms with Crippen LogP contribution in [0.15, 0.2) is 0 Å². The Bertz CT molecular complexity index is 629. The van der Waals surface area contributed by atoms with Crippen LogP contribution in [0.2, 0.25) is 0 Å². The molecule has 0 saturated heterocycles. The second-order valence-electron chi connectivity index (χ2n) is 5.63. The van der Waals surface area contributed by atoms with Gasteiger partial charge < -0.3 is 37.6 Å². The van der Waals surface area contributed by atoms with Gasteiger partial charge in [-0.25, -0.2) is 4.79 Å². The zero-order valence-corrected chi connectivity index (χ0v) is 15.6. The van der Waals surface area contributed by atoms with Gasteiger partial charge in [0.1, 0.15) is 12.1 Å². The normalized spacial score (nSPS) is 13.5. The summed E-state index contributed by atoms with van der Waals surface area (Å²) in [6.07, 6.45) is -1.27. The van der Waals surface area contributed by atoms with Crippen molar-refractivity contribution in [2.75, 3.05) is 12.3 Å². The van der Waals surface area contributed by atoms with Crippen molar-refractivity contribution in [1.29, 1.82) is 0 Å². The van der Waals surface area contributed by atoms with E-state index in [4.69, 9.17) is 21.7 Å². The molecular weight excluding hydrogens is 398 g/mol. The third kappa shape index (κ3) is 10.3. The van der Waals surface area contributed by atoms with Crippen LogP contribution in [0.3, 0.4) is 0 Å². The number of nitrogens with two attached hydrogens (primary N) is 2. The van der Waals surface area contributed by atoms with Gasteiger partial charge in [0.2, 0.25) is 23.6 Å². The van der Waals surface area contributed by atoms with Crippen LogP contribution in [-0.2, 0) is 28.8 Å². The van der Waals surface area contributed by atoms with E-state index in [1.807, 2.05) is 0 Å². The van der Waals surface area contributed by atoms with Crippen LogP contribution >= 0.6 is 12.6 Å². The second-order valence-corrected chi connectivity index (χ2v) is 5.99. The smallest absolute Gasteiger partial charge is 0.327 e. The minimum atomic E-state index is -1.35. The Morgan fingerprint density at radius 1 is 0.964 bits per heavy atom. The predicted molar refractivity (Wildman–Crippen MR) is 97.0 cm³/mol. The first kappa shape index (κ1) is 25.1. The summed E-state index contributed by atoms with van der Waals surface area (Å²) in [5, 5.41) is 24.0. The molecule has 3 unspecified atom stereocenters. The van der Waals surface area contributed by atoms with Gasteiger partial charge >= 0.3 is 11.9 Å². The van der Waals surface area contributed by atoms with Gasteiger partial charge in [-0.2, -0.15) is 12.6 Å². The Hall–Kier alpha value is -2.87. The molecular formula is C14H23N5O8S. The number of carboxylic acids is 2. The lowest BCUT2D eigenvalue weighted by Crippen LogP contribution is -2.54. The molecule has 9 N–H and O–H groups in total. The van der Waals surface area contributed by atoms with Crippen molar-refractivity contribution in [1.82, 2.24) is 16.0 Å². The lowest BCUT2D eigenvalue weighted by atomic mass is 10.1. The number of primary amides is 1. The van der Waals surface area contributed by atoms with Crippen LogP contribution in [0.4, 0.5) is 0 Å². The van der Waals surface area contributed by atoms with E-state index in [2.05, 4.69) is 28.6 Å². The van der Waals surface area contributed by atoms with Crippen LogP contribution in [0.1, 0.15) is 19.3 Å². The summed E-state index contributed by atoms with van der Waals surface area (Å²) < 4.78 is 0. The highest BCUT2D eigenvalue weighted by molar-refractivity contribution is 7.80. The maximum absolute atomic E-state index is 12.2. The zero-order valence-electron chi connectivity index (χ0n) is 14.7. The molecule has 0 saturated carbocycles. The zero-order chi connectivity index (χ0) is 21.9. The number of hydrogen-bond acceptors (Lipinski definition) is 8. The van der Waals surface area contributed by atoms with Crippen molar-refractivity contribution in [2.24, 2.45) is 11.5 Å². The molecule has 14 heteroatoms. The number of amides is 4. The minimum Gasteiger partial charge on any atom is -0.481 e. The highest BCUT2D eigenvalue weighted by atomic mass is 32.1. The summed E-state index contributed by atoms with van der Waals surface area (Å²) in [7, 11) is 0. The van der Waals surface area contributed by atoms with E-state index in [0.717, 1.165) is 0 Å². The molecule has 13 nitrogen and oxygen atoms in total. The number of aliphatic carboxylic acids is 2. The molecule has 0 heterocycles. The fourth-order valence-electron chi connectivity index (χ4n) is 1.85. The van der Waals surface area contributed by atoms with E-state index in [0.29, 0.717) is 0 Å². The first-order valence-corrected chi connectivity index (χ1v) is 8.57. The summed E-state index contributed by atoms with van der Waals surface area (Å²) in [4.78, 5) is 68.1. The molecule has 0 radical (unpaired) electrons. The summed E-state index contributed by atoms with van der Waals surface area (Å²) in [6, 6.07) is -3.95. The van der Waals surface area contributed by atoms with Crippen LogP contribution < -0.4 is 27.4 Å². The largest absolute Gasteiger partial charge is 0.481 e. The number of carbonyl (C=O) groups is 6. The van der Waals surface area contributed by atoms with Crippen LogP contribution in [-0.4, -0.2) is 76.2 Å². The van der Waals surface area contributed by atoms with E-state index in [-0.39, 0.29) is 12.2 Å². The first-order chi connectivity index (χ1) is 13.0. The monoisotopic (exact) mass is 421 g/mol. The Labute approximate surface area is 165 Å². The SMILES string of the molecule is NC(=O)CC(N)C(=O)NC(CCC(=O)O)C(=O)NCC(=O)NC(CS)C(=O)O. The quantitative estimate of drug-likeness (QED) is 0.136. The number of thiol groups is 1. The first-order valence-electron chi connectivity index (χ1n) is 7.94. The molecule has 0 rings (SSSR count). The minimum absolute atomic E-state index is 0.177.